The van der Waals surface area contributed by atoms with Crippen molar-refractivity contribution in [3.8, 4) is 0 Å². The molecule has 0 radical (unpaired) electrons. The summed E-state index contributed by atoms with van der Waals surface area (Å²) < 4.78 is 29.1. The summed E-state index contributed by atoms with van der Waals surface area (Å²) in [5.74, 6) is -0.162. The molecule has 1 saturated heterocycles. The Hall–Kier alpha value is -2.50. The average Bonchev–Trinajstić information content (AvgIpc) is 2.65. The molecule has 0 saturated carbocycles. The molecule has 1 fully saturated rings. The van der Waals surface area contributed by atoms with Gasteiger partial charge in [0.25, 0.3) is 5.56 Å². The molecule has 4 rings (SSSR count). The van der Waals surface area contributed by atoms with Crippen molar-refractivity contribution in [1.82, 2.24) is 14.9 Å². The Morgan fingerprint density at radius 1 is 1.39 bits per heavy atom. The van der Waals surface area contributed by atoms with Gasteiger partial charge in [0.15, 0.2) is 0 Å². The maximum Gasteiger partial charge on any atom is 0.407 e. The van der Waals surface area contributed by atoms with E-state index in [9.17, 15) is 18.4 Å². The van der Waals surface area contributed by atoms with Crippen molar-refractivity contribution in [1.29, 1.82) is 0 Å². The fourth-order valence-corrected chi connectivity index (χ4v) is 4.03. The number of carbonyl (C=O) groups is 1. The molecule has 2 unspecified atom stereocenters. The Morgan fingerprint density at radius 3 is 2.89 bits per heavy atom. The number of halogens is 3. The third kappa shape index (κ3) is 3.25. The Labute approximate surface area is 170 Å². The zero-order chi connectivity index (χ0) is 20.0. The number of alkyl halides is 1. The number of aromatic nitrogens is 2. The highest BCUT2D eigenvalue weighted by atomic mass is 127. The number of carboxylic acid groups (broad SMARTS) is 1. The maximum atomic E-state index is 14.6. The van der Waals surface area contributed by atoms with Crippen LogP contribution in [-0.2, 0) is 0 Å². The molecule has 0 bridgehead atoms. The Kier molecular flexibility index (Phi) is 4.81. The zero-order valence-electron chi connectivity index (χ0n) is 14.4. The van der Waals surface area contributed by atoms with E-state index in [1.807, 2.05) is 22.6 Å². The standard InChI is InChI=1S/C18H15F2IN4O3/c19-8-1-2-9-10(5-8)14-15(12(21)6-22-17(14)26)24-16(9)23-13-3-4-25(18(27)28)7-11(13)20/h1-2,5-6,11,13H,3-4,7H2,(H,22,26)(H,23,24)(H,27,28). The number of hydrogen-bond donors (Lipinski definition) is 3. The van der Waals surface area contributed by atoms with Crippen LogP contribution in [0, 0.1) is 9.39 Å². The van der Waals surface area contributed by atoms with Gasteiger partial charge in [0.05, 0.1) is 27.1 Å². The predicted molar refractivity (Wildman–Crippen MR) is 109 cm³/mol. The van der Waals surface area contributed by atoms with E-state index in [2.05, 4.69) is 15.3 Å². The van der Waals surface area contributed by atoms with Crippen molar-refractivity contribution in [2.45, 2.75) is 18.6 Å². The largest absolute Gasteiger partial charge is 0.465 e. The number of benzene rings is 1. The number of hydrogen-bond acceptors (Lipinski definition) is 4. The van der Waals surface area contributed by atoms with Gasteiger partial charge in [0.2, 0.25) is 0 Å². The minimum atomic E-state index is -1.42. The van der Waals surface area contributed by atoms with Crippen LogP contribution in [0.4, 0.5) is 19.4 Å². The van der Waals surface area contributed by atoms with Gasteiger partial charge >= 0.3 is 6.09 Å². The second-order valence-electron chi connectivity index (χ2n) is 6.62. The van der Waals surface area contributed by atoms with Crippen LogP contribution in [0.15, 0.2) is 29.2 Å². The lowest BCUT2D eigenvalue weighted by molar-refractivity contribution is 0.101. The molecule has 3 aromatic rings. The van der Waals surface area contributed by atoms with E-state index < -0.39 is 24.1 Å². The molecule has 146 valence electrons. The third-order valence-electron chi connectivity index (χ3n) is 4.88. The van der Waals surface area contributed by atoms with Crippen molar-refractivity contribution in [3.05, 3.63) is 44.1 Å². The highest BCUT2D eigenvalue weighted by Gasteiger charge is 2.32. The van der Waals surface area contributed by atoms with Crippen molar-refractivity contribution in [2.24, 2.45) is 0 Å². The van der Waals surface area contributed by atoms with Crippen LogP contribution in [0.5, 0.6) is 0 Å². The maximum absolute atomic E-state index is 14.6. The molecule has 3 heterocycles. The van der Waals surface area contributed by atoms with Crippen molar-refractivity contribution in [2.75, 3.05) is 18.4 Å². The third-order valence-corrected chi connectivity index (χ3v) is 5.71. The molecule has 28 heavy (non-hydrogen) atoms. The second-order valence-corrected chi connectivity index (χ2v) is 7.79. The number of amides is 1. The zero-order valence-corrected chi connectivity index (χ0v) is 16.5. The monoisotopic (exact) mass is 500 g/mol. The van der Waals surface area contributed by atoms with E-state index in [0.717, 1.165) is 4.90 Å². The molecule has 1 aliphatic heterocycles. The van der Waals surface area contributed by atoms with E-state index in [1.54, 1.807) is 0 Å². The summed E-state index contributed by atoms with van der Waals surface area (Å²) in [5, 5.41) is 13.2. The Morgan fingerprint density at radius 2 is 2.18 bits per heavy atom. The number of nitrogens with one attached hydrogen (secondary N) is 2. The number of anilines is 1. The Balaban J connectivity index is 1.82. The van der Waals surface area contributed by atoms with Crippen molar-refractivity contribution in [3.63, 3.8) is 0 Å². The first-order valence-corrected chi connectivity index (χ1v) is 9.61. The number of fused-ring (bicyclic) bond motifs is 3. The molecule has 2 aromatic heterocycles. The summed E-state index contributed by atoms with van der Waals surface area (Å²) in [7, 11) is 0. The smallest absolute Gasteiger partial charge is 0.407 e. The second kappa shape index (κ2) is 7.15. The fraction of sp³-hybridized carbons (Fsp3) is 0.278. The molecule has 0 spiro atoms. The van der Waals surface area contributed by atoms with Gasteiger partial charge in [-0.3, -0.25) is 4.79 Å². The first kappa shape index (κ1) is 18.8. The van der Waals surface area contributed by atoms with Crippen LogP contribution in [0.2, 0.25) is 0 Å². The summed E-state index contributed by atoms with van der Waals surface area (Å²) in [6.07, 6.45) is -0.797. The topological polar surface area (TPSA) is 98.3 Å². The van der Waals surface area contributed by atoms with Gasteiger partial charge in [0, 0.05) is 23.5 Å². The molecule has 10 heteroatoms. The molecule has 2 atom stereocenters. The van der Waals surface area contributed by atoms with E-state index in [4.69, 9.17) is 5.11 Å². The van der Waals surface area contributed by atoms with Crippen molar-refractivity contribution >= 4 is 56.2 Å². The summed E-state index contributed by atoms with van der Waals surface area (Å²) in [6, 6.07) is 3.37. The molecule has 1 amide bonds. The van der Waals surface area contributed by atoms with Crippen LogP contribution in [0.3, 0.4) is 0 Å². The minimum Gasteiger partial charge on any atom is -0.465 e. The van der Waals surface area contributed by atoms with Gasteiger partial charge in [-0.25, -0.2) is 18.6 Å². The number of piperidine rings is 1. The highest BCUT2D eigenvalue weighted by Crippen LogP contribution is 2.31. The number of likely N-dealkylation sites (tertiary alicyclic amines) is 1. The highest BCUT2D eigenvalue weighted by molar-refractivity contribution is 14.1. The van der Waals surface area contributed by atoms with Gasteiger partial charge in [-0.05, 0) is 47.2 Å². The van der Waals surface area contributed by atoms with Gasteiger partial charge < -0.3 is 20.3 Å². The van der Waals surface area contributed by atoms with E-state index in [1.165, 1.54) is 24.4 Å². The number of pyridine rings is 2. The minimum absolute atomic E-state index is 0.199. The van der Waals surface area contributed by atoms with Gasteiger partial charge in [-0.15, -0.1) is 0 Å². The number of aromatic amines is 1. The lowest BCUT2D eigenvalue weighted by Gasteiger charge is -2.33. The number of rotatable bonds is 2. The van der Waals surface area contributed by atoms with Crippen LogP contribution in [0.25, 0.3) is 21.7 Å². The number of H-pyrrole nitrogens is 1. The molecular formula is C18H15F2IN4O3. The van der Waals surface area contributed by atoms with E-state index >= 15 is 0 Å². The molecule has 1 aliphatic rings. The first-order chi connectivity index (χ1) is 13.3. The SMILES string of the molecule is O=C(O)N1CCC(Nc2nc3c(I)c[nH]c(=O)c3c3cc(F)ccc23)C(F)C1. The van der Waals surface area contributed by atoms with Crippen LogP contribution >= 0.6 is 22.6 Å². The average molecular weight is 500 g/mol. The Bertz CT molecular complexity index is 1150. The summed E-state index contributed by atoms with van der Waals surface area (Å²) >= 11 is 2.02. The van der Waals surface area contributed by atoms with Crippen LogP contribution in [0.1, 0.15) is 6.42 Å². The van der Waals surface area contributed by atoms with Gasteiger partial charge in [0.1, 0.15) is 17.8 Å². The lowest BCUT2D eigenvalue weighted by Crippen LogP contribution is -2.49. The normalized spacial score (nSPS) is 19.9. The van der Waals surface area contributed by atoms with Crippen LogP contribution < -0.4 is 10.9 Å². The fourth-order valence-electron chi connectivity index (χ4n) is 3.48. The summed E-state index contributed by atoms with van der Waals surface area (Å²) in [4.78, 5) is 31.6. The molecule has 3 N–H and O–H groups in total. The van der Waals surface area contributed by atoms with Crippen molar-refractivity contribution < 1.29 is 18.7 Å². The number of nitrogens with zero attached hydrogens (tertiary/aromatic N) is 2. The molecular weight excluding hydrogens is 485 g/mol. The summed E-state index contributed by atoms with van der Waals surface area (Å²) in [5.41, 5.74) is 0.00605. The van der Waals surface area contributed by atoms with Crippen LogP contribution in [-0.4, -0.2) is 51.4 Å². The first-order valence-electron chi connectivity index (χ1n) is 8.54. The predicted octanol–water partition coefficient (Wildman–Crippen LogP) is 3.32. The summed E-state index contributed by atoms with van der Waals surface area (Å²) in [6.45, 7) is -0.0326. The molecule has 1 aromatic carbocycles. The van der Waals surface area contributed by atoms with Gasteiger partial charge in [-0.2, -0.15) is 0 Å². The molecule has 7 nitrogen and oxygen atoms in total. The lowest BCUT2D eigenvalue weighted by atomic mass is 10.0. The quantitative estimate of drug-likeness (QED) is 0.371. The van der Waals surface area contributed by atoms with E-state index in [0.29, 0.717) is 25.7 Å². The van der Waals surface area contributed by atoms with E-state index in [-0.39, 0.29) is 30.5 Å². The van der Waals surface area contributed by atoms with Gasteiger partial charge in [-0.1, -0.05) is 0 Å². The molecule has 0 aliphatic carbocycles.